The summed E-state index contributed by atoms with van der Waals surface area (Å²) in [5, 5.41) is 9.26. The lowest BCUT2D eigenvalue weighted by Crippen LogP contribution is -2.39. The molecule has 0 saturated carbocycles. The quantitative estimate of drug-likeness (QED) is 0.828. The Balaban J connectivity index is 2.30. The van der Waals surface area contributed by atoms with E-state index in [4.69, 9.17) is 0 Å². The second-order valence-corrected chi connectivity index (χ2v) is 4.42. The van der Waals surface area contributed by atoms with Crippen molar-refractivity contribution in [1.29, 1.82) is 0 Å². The van der Waals surface area contributed by atoms with Crippen molar-refractivity contribution in [2.45, 2.75) is 18.9 Å². The largest absolute Gasteiger partial charge is 0.481 e. The molecule has 2 atom stereocenters. The number of hydrogen-bond donors (Lipinski definition) is 1. The number of carboxylic acid groups (broad SMARTS) is 1. The number of hydrogen-bond acceptors (Lipinski definition) is 2. The lowest BCUT2D eigenvalue weighted by atomic mass is 9.85. The van der Waals surface area contributed by atoms with Gasteiger partial charge in [0.2, 0.25) is 0 Å². The Labute approximate surface area is 95.7 Å². The zero-order chi connectivity index (χ0) is 11.5. The van der Waals surface area contributed by atoms with Crippen molar-refractivity contribution in [3.63, 3.8) is 0 Å². The van der Waals surface area contributed by atoms with Gasteiger partial charge in [0.15, 0.2) is 0 Å². The van der Waals surface area contributed by atoms with E-state index in [1.54, 1.807) is 0 Å². The van der Waals surface area contributed by atoms with Crippen molar-refractivity contribution in [3.8, 4) is 0 Å². The molecule has 1 aliphatic rings. The van der Waals surface area contributed by atoms with Gasteiger partial charge in [-0.25, -0.2) is 0 Å². The van der Waals surface area contributed by atoms with Crippen LogP contribution in [0.1, 0.15) is 24.4 Å². The van der Waals surface area contributed by atoms with Crippen LogP contribution in [0.25, 0.3) is 0 Å². The highest BCUT2D eigenvalue weighted by atomic mass is 16.4. The number of carboxylic acids is 1. The topological polar surface area (TPSA) is 40.5 Å². The highest BCUT2D eigenvalue weighted by Crippen LogP contribution is 2.34. The zero-order valence-electron chi connectivity index (χ0n) is 9.47. The fraction of sp³-hybridized carbons (Fsp3) is 0.462. The Bertz CT molecular complexity index is 363. The molecule has 0 aliphatic carbocycles. The molecule has 2 rings (SSSR count). The lowest BCUT2D eigenvalue weighted by molar-refractivity contribution is -0.145. The average Bonchev–Trinajstić information content (AvgIpc) is 2.29. The number of likely N-dealkylation sites (tertiary alicyclic amines) is 1. The Morgan fingerprint density at radius 1 is 1.38 bits per heavy atom. The maximum atomic E-state index is 11.3. The van der Waals surface area contributed by atoms with Crippen LogP contribution in [-0.2, 0) is 4.79 Å². The molecule has 1 heterocycles. The number of rotatable bonds is 2. The maximum absolute atomic E-state index is 11.3. The second-order valence-electron chi connectivity index (χ2n) is 4.42. The third-order valence-corrected chi connectivity index (χ3v) is 3.34. The Morgan fingerprint density at radius 3 is 2.69 bits per heavy atom. The van der Waals surface area contributed by atoms with Crippen molar-refractivity contribution in [2.24, 2.45) is 5.92 Å². The molecule has 1 aromatic carbocycles. The maximum Gasteiger partial charge on any atom is 0.308 e. The van der Waals surface area contributed by atoms with Gasteiger partial charge in [0.25, 0.3) is 0 Å². The summed E-state index contributed by atoms with van der Waals surface area (Å²) in [5.41, 5.74) is 1.11. The summed E-state index contributed by atoms with van der Waals surface area (Å²) in [6, 6.07) is 9.95. The molecule has 1 saturated heterocycles. The Kier molecular flexibility index (Phi) is 3.25. The van der Waals surface area contributed by atoms with Crippen molar-refractivity contribution in [3.05, 3.63) is 35.9 Å². The van der Waals surface area contributed by atoms with Crippen LogP contribution in [0.3, 0.4) is 0 Å². The number of aliphatic carboxylic acids is 1. The predicted octanol–water partition coefficient (Wildman–Crippen LogP) is 2.15. The molecule has 1 aliphatic heterocycles. The van der Waals surface area contributed by atoms with Gasteiger partial charge in [-0.1, -0.05) is 30.3 Å². The minimum absolute atomic E-state index is 0.0208. The van der Waals surface area contributed by atoms with Crippen LogP contribution in [0.5, 0.6) is 0 Å². The van der Waals surface area contributed by atoms with Crippen LogP contribution in [-0.4, -0.2) is 29.6 Å². The summed E-state index contributed by atoms with van der Waals surface area (Å²) in [7, 11) is 2.01. The molecule has 3 heteroatoms. The van der Waals surface area contributed by atoms with Gasteiger partial charge in [0, 0.05) is 6.04 Å². The van der Waals surface area contributed by atoms with E-state index in [9.17, 15) is 9.90 Å². The average molecular weight is 219 g/mol. The van der Waals surface area contributed by atoms with Crippen molar-refractivity contribution in [1.82, 2.24) is 4.90 Å². The van der Waals surface area contributed by atoms with Gasteiger partial charge in [0.1, 0.15) is 0 Å². The summed E-state index contributed by atoms with van der Waals surface area (Å²) in [4.78, 5) is 13.4. The second kappa shape index (κ2) is 4.66. The standard InChI is InChI=1S/C13H17NO2/c1-14-9-5-8-11(13(15)16)12(14)10-6-3-2-4-7-10/h2-4,6-7,11-12H,5,8-9H2,1H3,(H,15,16)/t11-,12-/m0/s1. The molecule has 0 bridgehead atoms. The normalized spacial score (nSPS) is 26.6. The molecule has 86 valence electrons. The third kappa shape index (κ3) is 2.09. The third-order valence-electron chi connectivity index (χ3n) is 3.34. The van der Waals surface area contributed by atoms with Crippen molar-refractivity contribution in [2.75, 3.05) is 13.6 Å². The van der Waals surface area contributed by atoms with Crippen LogP contribution in [0.15, 0.2) is 30.3 Å². The van der Waals surface area contributed by atoms with Gasteiger partial charge in [-0.05, 0) is 32.0 Å². The van der Waals surface area contributed by atoms with Gasteiger partial charge < -0.3 is 5.11 Å². The number of carbonyl (C=O) groups is 1. The number of nitrogens with zero attached hydrogens (tertiary/aromatic N) is 1. The van der Waals surface area contributed by atoms with Crippen LogP contribution in [0.4, 0.5) is 0 Å². The van der Waals surface area contributed by atoms with Crippen LogP contribution in [0.2, 0.25) is 0 Å². The van der Waals surface area contributed by atoms with Crippen LogP contribution >= 0.6 is 0 Å². The fourth-order valence-corrected chi connectivity index (χ4v) is 2.56. The van der Waals surface area contributed by atoms with E-state index in [2.05, 4.69) is 4.90 Å². The summed E-state index contributed by atoms with van der Waals surface area (Å²) in [6.45, 7) is 0.976. The smallest absolute Gasteiger partial charge is 0.308 e. The fourth-order valence-electron chi connectivity index (χ4n) is 2.56. The Hall–Kier alpha value is -1.35. The van der Waals surface area contributed by atoms with Crippen molar-refractivity contribution < 1.29 is 9.90 Å². The highest BCUT2D eigenvalue weighted by Gasteiger charge is 2.34. The van der Waals surface area contributed by atoms with E-state index in [0.29, 0.717) is 0 Å². The zero-order valence-corrected chi connectivity index (χ0v) is 9.47. The van der Waals surface area contributed by atoms with E-state index >= 15 is 0 Å². The molecule has 1 aromatic rings. The molecule has 16 heavy (non-hydrogen) atoms. The number of benzene rings is 1. The minimum Gasteiger partial charge on any atom is -0.481 e. The van der Waals surface area contributed by atoms with E-state index in [-0.39, 0.29) is 12.0 Å². The Morgan fingerprint density at radius 2 is 2.06 bits per heavy atom. The van der Waals surface area contributed by atoms with Gasteiger partial charge in [0.05, 0.1) is 5.92 Å². The number of piperidine rings is 1. The summed E-state index contributed by atoms with van der Waals surface area (Å²) >= 11 is 0. The molecule has 0 amide bonds. The molecule has 0 aromatic heterocycles. The molecule has 0 spiro atoms. The summed E-state index contributed by atoms with van der Waals surface area (Å²) < 4.78 is 0. The lowest BCUT2D eigenvalue weighted by Gasteiger charge is -2.37. The van der Waals surface area contributed by atoms with Crippen molar-refractivity contribution >= 4 is 5.97 Å². The first-order chi connectivity index (χ1) is 7.70. The van der Waals surface area contributed by atoms with Gasteiger partial charge in [-0.2, -0.15) is 0 Å². The first-order valence-corrected chi connectivity index (χ1v) is 5.68. The van der Waals surface area contributed by atoms with Crippen LogP contribution in [0, 0.1) is 5.92 Å². The molecule has 1 fully saturated rings. The molecule has 1 N–H and O–H groups in total. The molecule has 0 unspecified atom stereocenters. The first-order valence-electron chi connectivity index (χ1n) is 5.68. The minimum atomic E-state index is -0.680. The molecular formula is C13H17NO2. The van der Waals surface area contributed by atoms with E-state index < -0.39 is 5.97 Å². The van der Waals surface area contributed by atoms with E-state index in [0.717, 1.165) is 24.9 Å². The molecule has 3 nitrogen and oxygen atoms in total. The summed E-state index contributed by atoms with van der Waals surface area (Å²) in [6.07, 6.45) is 1.75. The van der Waals surface area contributed by atoms with E-state index in [1.807, 2.05) is 37.4 Å². The summed E-state index contributed by atoms with van der Waals surface area (Å²) in [5.74, 6) is -0.957. The van der Waals surface area contributed by atoms with Gasteiger partial charge >= 0.3 is 5.97 Å². The molecular weight excluding hydrogens is 202 g/mol. The predicted molar refractivity (Wildman–Crippen MR) is 62.2 cm³/mol. The van der Waals surface area contributed by atoms with E-state index in [1.165, 1.54) is 0 Å². The van der Waals surface area contributed by atoms with Crippen LogP contribution < -0.4 is 0 Å². The SMILES string of the molecule is CN1CCC[C@H](C(=O)O)[C@@H]1c1ccccc1. The van der Waals surface area contributed by atoms with Gasteiger partial charge in [-0.3, -0.25) is 9.69 Å². The first kappa shape index (κ1) is 11.1. The highest BCUT2D eigenvalue weighted by molar-refractivity contribution is 5.71. The van der Waals surface area contributed by atoms with Gasteiger partial charge in [-0.15, -0.1) is 0 Å². The monoisotopic (exact) mass is 219 g/mol. The molecule has 0 radical (unpaired) electrons.